The molecule has 0 saturated heterocycles. The van der Waals surface area contributed by atoms with Crippen molar-refractivity contribution < 1.29 is 22.7 Å². The third kappa shape index (κ3) is 6.68. The highest BCUT2D eigenvalue weighted by Crippen LogP contribution is 2.23. The second kappa shape index (κ2) is 8.09. The fourth-order valence-electron chi connectivity index (χ4n) is 1.63. The number of hydrogen-bond acceptors (Lipinski definition) is 3. The number of rotatable bonds is 5. The molecule has 1 unspecified atom stereocenters. The van der Waals surface area contributed by atoms with E-state index in [1.807, 2.05) is 0 Å². The Kier molecular flexibility index (Phi) is 7.52. The van der Waals surface area contributed by atoms with Crippen LogP contribution >= 0.6 is 12.4 Å². The van der Waals surface area contributed by atoms with Gasteiger partial charge in [-0.2, -0.15) is 0 Å². The van der Waals surface area contributed by atoms with E-state index in [1.54, 1.807) is 14.0 Å². The first-order chi connectivity index (χ1) is 9.23. The zero-order chi connectivity index (χ0) is 15.3. The minimum Gasteiger partial charge on any atom is -0.406 e. The van der Waals surface area contributed by atoms with Crippen LogP contribution in [0.15, 0.2) is 24.3 Å². The lowest BCUT2D eigenvalue weighted by Gasteiger charge is -2.20. The van der Waals surface area contributed by atoms with Gasteiger partial charge in [0.2, 0.25) is 5.91 Å². The van der Waals surface area contributed by atoms with E-state index in [0.29, 0.717) is 12.1 Å². The molecule has 0 bridgehead atoms. The number of carbonyl (C=O) groups is 1. The smallest absolute Gasteiger partial charge is 0.406 e. The average molecular weight is 327 g/mol. The fraction of sp³-hybridized carbons (Fsp3) is 0.462. The molecule has 0 aliphatic carbocycles. The second-order valence-corrected chi connectivity index (χ2v) is 4.52. The van der Waals surface area contributed by atoms with Gasteiger partial charge in [-0.15, -0.1) is 25.6 Å². The topological polar surface area (TPSA) is 55.6 Å². The molecular formula is C13H18ClF3N2O2. The summed E-state index contributed by atoms with van der Waals surface area (Å²) < 4.78 is 39.8. The molecule has 2 N–H and O–H groups in total. The van der Waals surface area contributed by atoms with Gasteiger partial charge in [0.05, 0.1) is 0 Å². The van der Waals surface area contributed by atoms with Gasteiger partial charge in [0, 0.05) is 26.1 Å². The van der Waals surface area contributed by atoms with Gasteiger partial charge in [0.15, 0.2) is 0 Å². The van der Waals surface area contributed by atoms with Crippen LogP contribution in [0.1, 0.15) is 12.5 Å². The Balaban J connectivity index is 0.00000400. The summed E-state index contributed by atoms with van der Waals surface area (Å²) in [6.07, 6.45) is -4.70. The first-order valence-corrected chi connectivity index (χ1v) is 6.02. The number of amides is 1. The molecule has 0 fully saturated rings. The van der Waals surface area contributed by atoms with Crippen molar-refractivity contribution in [1.82, 2.24) is 4.90 Å². The average Bonchev–Trinajstić information content (AvgIpc) is 2.37. The maximum atomic E-state index is 12.0. The molecule has 0 aliphatic heterocycles. The molecule has 1 atom stereocenters. The maximum Gasteiger partial charge on any atom is 0.573 e. The van der Waals surface area contributed by atoms with Crippen LogP contribution < -0.4 is 10.5 Å². The summed E-state index contributed by atoms with van der Waals surface area (Å²) in [7, 11) is 1.62. The van der Waals surface area contributed by atoms with E-state index in [0.717, 1.165) is 0 Å². The quantitative estimate of drug-likeness (QED) is 0.904. The molecule has 21 heavy (non-hydrogen) atoms. The Hall–Kier alpha value is -1.47. The zero-order valence-electron chi connectivity index (χ0n) is 11.7. The van der Waals surface area contributed by atoms with Crippen LogP contribution in [-0.2, 0) is 11.3 Å². The van der Waals surface area contributed by atoms with Gasteiger partial charge in [-0.1, -0.05) is 19.1 Å². The predicted octanol–water partition coefficient (Wildman–Crippen LogP) is 2.56. The van der Waals surface area contributed by atoms with Crippen molar-refractivity contribution >= 4 is 18.3 Å². The number of nitrogens with zero attached hydrogens (tertiary/aromatic N) is 1. The van der Waals surface area contributed by atoms with E-state index < -0.39 is 6.36 Å². The summed E-state index contributed by atoms with van der Waals surface area (Å²) in [5, 5.41) is 0. The highest BCUT2D eigenvalue weighted by molar-refractivity contribution is 5.85. The van der Waals surface area contributed by atoms with Crippen LogP contribution in [0.5, 0.6) is 5.75 Å². The Morgan fingerprint density at radius 1 is 1.33 bits per heavy atom. The molecule has 4 nitrogen and oxygen atoms in total. The van der Waals surface area contributed by atoms with Crippen molar-refractivity contribution in [3.8, 4) is 5.75 Å². The maximum absolute atomic E-state index is 12.0. The Bertz CT molecular complexity index is 452. The van der Waals surface area contributed by atoms with Crippen LogP contribution in [0.25, 0.3) is 0 Å². The van der Waals surface area contributed by atoms with Crippen LogP contribution in [0.4, 0.5) is 13.2 Å². The molecule has 1 aromatic carbocycles. The minimum atomic E-state index is -4.70. The Morgan fingerprint density at radius 2 is 1.86 bits per heavy atom. The van der Waals surface area contributed by atoms with Gasteiger partial charge >= 0.3 is 6.36 Å². The molecule has 0 heterocycles. The van der Waals surface area contributed by atoms with Crippen LogP contribution in [0.3, 0.4) is 0 Å². The van der Waals surface area contributed by atoms with Crippen molar-refractivity contribution in [2.45, 2.75) is 19.8 Å². The molecule has 0 radical (unpaired) electrons. The van der Waals surface area contributed by atoms with E-state index in [2.05, 4.69) is 4.74 Å². The number of nitrogens with two attached hydrogens (primary N) is 1. The van der Waals surface area contributed by atoms with Crippen molar-refractivity contribution in [2.75, 3.05) is 13.6 Å². The summed E-state index contributed by atoms with van der Waals surface area (Å²) in [6.45, 7) is 2.27. The predicted molar refractivity (Wildman–Crippen MR) is 75.1 cm³/mol. The van der Waals surface area contributed by atoms with Crippen LogP contribution in [-0.4, -0.2) is 30.8 Å². The van der Waals surface area contributed by atoms with Gasteiger partial charge in [0.1, 0.15) is 5.75 Å². The molecular weight excluding hydrogens is 309 g/mol. The van der Waals surface area contributed by atoms with Gasteiger partial charge in [-0.3, -0.25) is 4.79 Å². The number of ether oxygens (including phenoxy) is 1. The summed E-state index contributed by atoms with van der Waals surface area (Å²) in [4.78, 5) is 13.3. The molecule has 0 spiro atoms. The summed E-state index contributed by atoms with van der Waals surface area (Å²) >= 11 is 0. The molecule has 1 rings (SSSR count). The van der Waals surface area contributed by atoms with Crippen molar-refractivity contribution in [3.63, 3.8) is 0 Å². The SMILES string of the molecule is CC(CN)C(=O)N(C)Cc1ccc(OC(F)(F)F)cc1.Cl. The van der Waals surface area contributed by atoms with Gasteiger partial charge in [-0.25, -0.2) is 0 Å². The Labute approximate surface area is 127 Å². The largest absolute Gasteiger partial charge is 0.573 e. The van der Waals surface area contributed by atoms with E-state index in [4.69, 9.17) is 5.73 Å². The normalized spacial score (nSPS) is 12.3. The minimum absolute atomic E-state index is 0. The van der Waals surface area contributed by atoms with Crippen molar-refractivity contribution in [1.29, 1.82) is 0 Å². The number of hydrogen-bond donors (Lipinski definition) is 1. The second-order valence-electron chi connectivity index (χ2n) is 4.52. The first-order valence-electron chi connectivity index (χ1n) is 6.02. The first kappa shape index (κ1) is 19.5. The van der Waals surface area contributed by atoms with Gasteiger partial charge in [0.25, 0.3) is 0 Å². The lowest BCUT2D eigenvalue weighted by molar-refractivity contribution is -0.274. The zero-order valence-corrected chi connectivity index (χ0v) is 12.5. The summed E-state index contributed by atoms with van der Waals surface area (Å²) in [5.74, 6) is -0.679. The molecule has 0 aromatic heterocycles. The fourth-order valence-corrected chi connectivity index (χ4v) is 1.63. The number of alkyl halides is 3. The lowest BCUT2D eigenvalue weighted by Crippen LogP contribution is -2.34. The monoisotopic (exact) mass is 326 g/mol. The Morgan fingerprint density at radius 3 is 2.29 bits per heavy atom. The highest BCUT2D eigenvalue weighted by atomic mass is 35.5. The van der Waals surface area contributed by atoms with Crippen LogP contribution in [0.2, 0.25) is 0 Å². The molecule has 0 aliphatic rings. The molecule has 1 aromatic rings. The van der Waals surface area contributed by atoms with Crippen molar-refractivity contribution in [3.05, 3.63) is 29.8 Å². The van der Waals surface area contributed by atoms with E-state index >= 15 is 0 Å². The summed E-state index contributed by atoms with van der Waals surface area (Å²) in [5.41, 5.74) is 6.12. The van der Waals surface area contributed by atoms with Crippen LogP contribution in [0, 0.1) is 5.92 Å². The van der Waals surface area contributed by atoms with Gasteiger partial charge in [-0.05, 0) is 17.7 Å². The number of benzene rings is 1. The molecule has 0 saturated carbocycles. The highest BCUT2D eigenvalue weighted by Gasteiger charge is 2.30. The number of carbonyl (C=O) groups excluding carboxylic acids is 1. The van der Waals surface area contributed by atoms with Crippen molar-refractivity contribution in [2.24, 2.45) is 11.7 Å². The number of halogens is 4. The molecule has 120 valence electrons. The lowest BCUT2D eigenvalue weighted by atomic mass is 10.1. The standard InChI is InChI=1S/C13H17F3N2O2.ClH/c1-9(7-17)12(19)18(2)8-10-3-5-11(6-4-10)20-13(14,15)16;/h3-6,9H,7-8,17H2,1-2H3;1H. The van der Waals surface area contributed by atoms with E-state index in [-0.39, 0.29) is 36.5 Å². The summed E-state index contributed by atoms with van der Waals surface area (Å²) in [6, 6.07) is 5.40. The molecule has 8 heteroatoms. The third-order valence-electron chi connectivity index (χ3n) is 2.73. The van der Waals surface area contributed by atoms with E-state index in [9.17, 15) is 18.0 Å². The van der Waals surface area contributed by atoms with E-state index in [1.165, 1.54) is 29.2 Å². The van der Waals surface area contributed by atoms with Gasteiger partial charge < -0.3 is 15.4 Å². The molecule has 1 amide bonds. The third-order valence-corrected chi connectivity index (χ3v) is 2.73.